The number of anilines is 1. The van der Waals surface area contributed by atoms with Crippen molar-refractivity contribution in [3.63, 3.8) is 0 Å². The van der Waals surface area contributed by atoms with Gasteiger partial charge in [-0.2, -0.15) is 5.10 Å². The van der Waals surface area contributed by atoms with Crippen molar-refractivity contribution >= 4 is 11.6 Å². The number of hydrogen-bond donors (Lipinski definition) is 3. The summed E-state index contributed by atoms with van der Waals surface area (Å²) < 4.78 is 0. The van der Waals surface area contributed by atoms with Crippen molar-refractivity contribution in [1.82, 2.24) is 15.5 Å². The van der Waals surface area contributed by atoms with E-state index in [1.54, 1.807) is 12.1 Å². The van der Waals surface area contributed by atoms with Crippen LogP contribution < -0.4 is 11.1 Å². The van der Waals surface area contributed by atoms with Crippen LogP contribution in [-0.2, 0) is 17.8 Å². The summed E-state index contributed by atoms with van der Waals surface area (Å²) in [7, 11) is 0. The van der Waals surface area contributed by atoms with Crippen molar-refractivity contribution < 1.29 is 4.79 Å². The van der Waals surface area contributed by atoms with E-state index >= 15 is 0 Å². The number of rotatable bonds is 4. The maximum absolute atomic E-state index is 11.8. The molecule has 0 bridgehead atoms. The highest BCUT2D eigenvalue weighted by Crippen LogP contribution is 2.09. The maximum Gasteiger partial charge on any atom is 0.224 e. The summed E-state index contributed by atoms with van der Waals surface area (Å²) in [6, 6.07) is 7.33. The molecule has 0 fully saturated rings. The Balaban J connectivity index is 1.90. The molecule has 0 aliphatic heterocycles. The van der Waals surface area contributed by atoms with Gasteiger partial charge >= 0.3 is 0 Å². The Morgan fingerprint density at radius 2 is 2.00 bits per heavy atom. The van der Waals surface area contributed by atoms with Crippen molar-refractivity contribution in [1.29, 1.82) is 0 Å². The molecule has 1 amide bonds. The zero-order chi connectivity index (χ0) is 13.8. The molecular formula is C14H18N4O. The van der Waals surface area contributed by atoms with E-state index in [1.165, 1.54) is 0 Å². The van der Waals surface area contributed by atoms with Crippen LogP contribution in [0.1, 0.15) is 22.5 Å². The number of nitrogen functional groups attached to an aromatic ring is 1. The van der Waals surface area contributed by atoms with E-state index < -0.39 is 0 Å². The van der Waals surface area contributed by atoms with Crippen molar-refractivity contribution in [2.24, 2.45) is 0 Å². The van der Waals surface area contributed by atoms with Crippen LogP contribution in [0.25, 0.3) is 0 Å². The van der Waals surface area contributed by atoms with Gasteiger partial charge in [-0.1, -0.05) is 12.1 Å². The van der Waals surface area contributed by atoms with Gasteiger partial charge in [0.05, 0.1) is 12.1 Å². The van der Waals surface area contributed by atoms with Crippen LogP contribution in [0.4, 0.5) is 5.69 Å². The normalized spacial score (nSPS) is 10.4. The van der Waals surface area contributed by atoms with Gasteiger partial charge in [-0.3, -0.25) is 9.89 Å². The highest BCUT2D eigenvalue weighted by molar-refractivity contribution is 5.78. The average Bonchev–Trinajstić information content (AvgIpc) is 2.70. The zero-order valence-corrected chi connectivity index (χ0v) is 11.2. The fraction of sp³-hybridized carbons (Fsp3) is 0.286. The Kier molecular flexibility index (Phi) is 3.85. The number of aryl methyl sites for hydroxylation is 2. The monoisotopic (exact) mass is 258 g/mol. The van der Waals surface area contributed by atoms with Gasteiger partial charge in [-0.15, -0.1) is 0 Å². The number of carbonyl (C=O) groups is 1. The van der Waals surface area contributed by atoms with Crippen molar-refractivity contribution in [2.45, 2.75) is 26.8 Å². The molecular weight excluding hydrogens is 240 g/mol. The number of H-pyrrole nitrogens is 1. The van der Waals surface area contributed by atoms with Crippen molar-refractivity contribution in [3.8, 4) is 0 Å². The molecule has 0 spiro atoms. The summed E-state index contributed by atoms with van der Waals surface area (Å²) in [5, 5.41) is 9.90. The molecule has 100 valence electrons. The lowest BCUT2D eigenvalue weighted by Crippen LogP contribution is -2.25. The van der Waals surface area contributed by atoms with Crippen molar-refractivity contribution in [3.05, 3.63) is 46.8 Å². The molecule has 5 heteroatoms. The maximum atomic E-state index is 11.8. The Morgan fingerprint density at radius 1 is 1.32 bits per heavy atom. The fourth-order valence-corrected chi connectivity index (χ4v) is 1.90. The molecule has 0 saturated heterocycles. The van der Waals surface area contributed by atoms with Gasteiger partial charge in [0.25, 0.3) is 0 Å². The van der Waals surface area contributed by atoms with Gasteiger partial charge in [0.15, 0.2) is 0 Å². The molecule has 2 aromatic rings. The third-order valence-electron chi connectivity index (χ3n) is 3.09. The lowest BCUT2D eigenvalue weighted by Gasteiger charge is -2.06. The smallest absolute Gasteiger partial charge is 0.224 e. The number of hydrogen-bond acceptors (Lipinski definition) is 3. The molecule has 2 rings (SSSR count). The molecule has 1 heterocycles. The van der Waals surface area contributed by atoms with E-state index in [2.05, 4.69) is 15.5 Å². The topological polar surface area (TPSA) is 83.8 Å². The van der Waals surface area contributed by atoms with E-state index in [0.29, 0.717) is 18.7 Å². The Bertz CT molecular complexity index is 552. The summed E-state index contributed by atoms with van der Waals surface area (Å²) in [5.74, 6) is -0.00947. The first-order valence-corrected chi connectivity index (χ1v) is 6.18. The predicted molar refractivity (Wildman–Crippen MR) is 74.5 cm³/mol. The molecule has 4 N–H and O–H groups in total. The quantitative estimate of drug-likeness (QED) is 0.726. The number of aromatic amines is 1. The number of nitrogens with zero attached hydrogens (tertiary/aromatic N) is 1. The molecule has 1 aromatic heterocycles. The highest BCUT2D eigenvalue weighted by Gasteiger charge is 2.08. The second-order valence-corrected chi connectivity index (χ2v) is 4.61. The molecule has 0 atom stereocenters. The van der Waals surface area contributed by atoms with E-state index in [-0.39, 0.29) is 5.91 Å². The van der Waals surface area contributed by atoms with Crippen LogP contribution >= 0.6 is 0 Å². The lowest BCUT2D eigenvalue weighted by atomic mass is 10.1. The van der Waals surface area contributed by atoms with Crippen LogP contribution in [0.2, 0.25) is 0 Å². The second kappa shape index (κ2) is 5.56. The Labute approximate surface area is 112 Å². The van der Waals surface area contributed by atoms with Crippen LogP contribution in [0.3, 0.4) is 0 Å². The van der Waals surface area contributed by atoms with Gasteiger partial charge in [-0.05, 0) is 31.5 Å². The number of carbonyl (C=O) groups excluding carboxylic acids is 1. The van der Waals surface area contributed by atoms with Crippen LogP contribution in [0, 0.1) is 13.8 Å². The molecule has 0 aliphatic carbocycles. The standard InChI is InChI=1S/C14H18N4O/c1-9-13(10(2)18-17-9)8-16-14(19)7-11-3-5-12(15)6-4-11/h3-6H,7-8,15H2,1-2H3,(H,16,19)(H,17,18). The van der Waals surface area contributed by atoms with Crippen LogP contribution in [0.5, 0.6) is 0 Å². The minimum atomic E-state index is -0.00947. The molecule has 0 saturated carbocycles. The third kappa shape index (κ3) is 3.34. The van der Waals surface area contributed by atoms with Gasteiger partial charge in [-0.25, -0.2) is 0 Å². The average molecular weight is 258 g/mol. The molecule has 19 heavy (non-hydrogen) atoms. The van der Waals surface area contributed by atoms with E-state index in [1.807, 2.05) is 26.0 Å². The molecule has 0 aliphatic rings. The summed E-state index contributed by atoms with van der Waals surface area (Å²) in [4.78, 5) is 11.8. The van der Waals surface area contributed by atoms with Crippen LogP contribution in [-0.4, -0.2) is 16.1 Å². The minimum absolute atomic E-state index is 0.00947. The molecule has 1 aromatic carbocycles. The second-order valence-electron chi connectivity index (χ2n) is 4.61. The summed E-state index contributed by atoms with van der Waals surface area (Å²) in [5.41, 5.74) is 10.2. The highest BCUT2D eigenvalue weighted by atomic mass is 16.1. The van der Waals surface area contributed by atoms with E-state index in [9.17, 15) is 4.79 Å². The SMILES string of the molecule is Cc1n[nH]c(C)c1CNC(=O)Cc1ccc(N)cc1. The van der Waals surface area contributed by atoms with Gasteiger partial charge in [0.1, 0.15) is 0 Å². The number of aromatic nitrogens is 2. The molecule has 0 unspecified atom stereocenters. The van der Waals surface area contributed by atoms with E-state index in [0.717, 1.165) is 22.5 Å². The Hall–Kier alpha value is -2.30. The number of amides is 1. The Morgan fingerprint density at radius 3 is 2.58 bits per heavy atom. The first kappa shape index (κ1) is 13.1. The lowest BCUT2D eigenvalue weighted by molar-refractivity contribution is -0.120. The first-order valence-electron chi connectivity index (χ1n) is 6.18. The number of nitrogens with two attached hydrogens (primary N) is 1. The summed E-state index contributed by atoms with van der Waals surface area (Å²) in [6.45, 7) is 4.37. The largest absolute Gasteiger partial charge is 0.399 e. The van der Waals surface area contributed by atoms with Gasteiger partial charge in [0, 0.05) is 23.5 Å². The third-order valence-corrected chi connectivity index (χ3v) is 3.09. The van der Waals surface area contributed by atoms with Gasteiger partial charge in [0.2, 0.25) is 5.91 Å². The van der Waals surface area contributed by atoms with Crippen LogP contribution in [0.15, 0.2) is 24.3 Å². The first-order chi connectivity index (χ1) is 9.06. The van der Waals surface area contributed by atoms with Gasteiger partial charge < -0.3 is 11.1 Å². The molecule has 0 radical (unpaired) electrons. The van der Waals surface area contributed by atoms with E-state index in [4.69, 9.17) is 5.73 Å². The minimum Gasteiger partial charge on any atom is -0.399 e. The zero-order valence-electron chi connectivity index (χ0n) is 11.2. The number of benzene rings is 1. The fourth-order valence-electron chi connectivity index (χ4n) is 1.90. The summed E-state index contributed by atoms with van der Waals surface area (Å²) in [6.07, 6.45) is 0.357. The summed E-state index contributed by atoms with van der Waals surface area (Å²) >= 11 is 0. The molecule has 5 nitrogen and oxygen atoms in total. The number of nitrogens with one attached hydrogen (secondary N) is 2. The predicted octanol–water partition coefficient (Wildman–Crippen LogP) is 1.47. The van der Waals surface area contributed by atoms with Crippen molar-refractivity contribution in [2.75, 3.05) is 5.73 Å².